The number of hydrogen-bond donors (Lipinski definition) is 1. The van der Waals surface area contributed by atoms with E-state index in [1.807, 2.05) is 17.0 Å². The van der Waals surface area contributed by atoms with Crippen LogP contribution in [0.15, 0.2) is 47.4 Å². The largest absolute Gasteiger partial charge is 0.338 e. The lowest BCUT2D eigenvalue weighted by Gasteiger charge is -2.29. The molecule has 1 amide bonds. The molecule has 5 nitrogen and oxygen atoms in total. The van der Waals surface area contributed by atoms with Gasteiger partial charge in [-0.25, -0.2) is 8.42 Å². The Morgan fingerprint density at radius 2 is 1.92 bits per heavy atom. The SMILES string of the molecule is O=C(C1CC1)N1CCc2ccc(NS(=O)(=O)c3cccc(Cl)c3)cc2C1. The second-order valence-electron chi connectivity index (χ2n) is 6.83. The normalized spacial score (nSPS) is 16.9. The molecule has 1 saturated carbocycles. The fourth-order valence-corrected chi connectivity index (χ4v) is 4.60. The van der Waals surface area contributed by atoms with E-state index in [-0.39, 0.29) is 16.7 Å². The number of nitrogens with zero attached hydrogens (tertiary/aromatic N) is 1. The van der Waals surface area contributed by atoms with Gasteiger partial charge < -0.3 is 4.90 Å². The number of halogens is 1. The first-order valence-electron chi connectivity index (χ1n) is 8.61. The van der Waals surface area contributed by atoms with Crippen molar-refractivity contribution in [3.05, 3.63) is 58.6 Å². The van der Waals surface area contributed by atoms with Crippen molar-refractivity contribution in [3.8, 4) is 0 Å². The molecule has 26 heavy (non-hydrogen) atoms. The van der Waals surface area contributed by atoms with Crippen molar-refractivity contribution in [2.24, 2.45) is 5.92 Å². The molecule has 1 aliphatic carbocycles. The highest BCUT2D eigenvalue weighted by Crippen LogP contribution is 2.33. The maximum atomic E-state index is 12.6. The number of nitrogens with one attached hydrogen (secondary N) is 1. The molecule has 1 heterocycles. The van der Waals surface area contributed by atoms with E-state index in [4.69, 9.17) is 11.6 Å². The van der Waals surface area contributed by atoms with Crippen LogP contribution in [0.3, 0.4) is 0 Å². The lowest BCUT2D eigenvalue weighted by Crippen LogP contribution is -2.36. The van der Waals surface area contributed by atoms with Gasteiger partial charge in [-0.15, -0.1) is 0 Å². The molecule has 4 rings (SSSR count). The molecule has 0 spiro atoms. The van der Waals surface area contributed by atoms with Gasteiger partial charge in [0.15, 0.2) is 0 Å². The van der Waals surface area contributed by atoms with Crippen LogP contribution in [0.4, 0.5) is 5.69 Å². The van der Waals surface area contributed by atoms with Crippen LogP contribution in [-0.2, 0) is 27.8 Å². The van der Waals surface area contributed by atoms with Crippen LogP contribution in [0.1, 0.15) is 24.0 Å². The Morgan fingerprint density at radius 3 is 2.65 bits per heavy atom. The quantitative estimate of drug-likeness (QED) is 0.869. The van der Waals surface area contributed by atoms with Crippen LogP contribution in [-0.4, -0.2) is 25.8 Å². The zero-order valence-corrected chi connectivity index (χ0v) is 15.7. The van der Waals surface area contributed by atoms with E-state index in [1.54, 1.807) is 18.2 Å². The van der Waals surface area contributed by atoms with E-state index in [0.29, 0.717) is 17.3 Å². The molecule has 1 aliphatic heterocycles. The second-order valence-corrected chi connectivity index (χ2v) is 8.95. The monoisotopic (exact) mass is 390 g/mol. The Kier molecular flexibility index (Phi) is 4.40. The van der Waals surface area contributed by atoms with E-state index in [1.165, 1.54) is 12.1 Å². The summed E-state index contributed by atoms with van der Waals surface area (Å²) in [4.78, 5) is 14.3. The molecule has 2 aliphatic rings. The molecule has 2 aromatic carbocycles. The third-order valence-electron chi connectivity index (χ3n) is 4.82. The number of anilines is 1. The summed E-state index contributed by atoms with van der Waals surface area (Å²) in [5.74, 6) is 0.418. The van der Waals surface area contributed by atoms with Gasteiger partial charge in [-0.1, -0.05) is 23.7 Å². The topological polar surface area (TPSA) is 66.5 Å². The Labute approximate surface area is 158 Å². The Hall–Kier alpha value is -2.05. The van der Waals surface area contributed by atoms with Crippen LogP contribution in [0.5, 0.6) is 0 Å². The number of amides is 1. The summed E-state index contributed by atoms with van der Waals surface area (Å²) in [7, 11) is -3.71. The van der Waals surface area contributed by atoms with E-state index in [2.05, 4.69) is 4.72 Å². The minimum atomic E-state index is -3.71. The van der Waals surface area contributed by atoms with Crippen LogP contribution in [0, 0.1) is 5.92 Å². The van der Waals surface area contributed by atoms with Crippen LogP contribution >= 0.6 is 11.6 Å². The summed E-state index contributed by atoms with van der Waals surface area (Å²) in [6.45, 7) is 1.27. The fourth-order valence-electron chi connectivity index (χ4n) is 3.25. The second kappa shape index (κ2) is 6.59. The molecule has 1 N–H and O–H groups in total. The zero-order valence-electron chi connectivity index (χ0n) is 14.1. The molecule has 1 fully saturated rings. The lowest BCUT2D eigenvalue weighted by atomic mass is 9.99. The molecule has 0 saturated heterocycles. The smallest absolute Gasteiger partial charge is 0.261 e. The average molecular weight is 391 g/mol. The first-order valence-corrected chi connectivity index (χ1v) is 10.5. The van der Waals surface area contributed by atoms with Gasteiger partial charge in [0.2, 0.25) is 5.91 Å². The van der Waals surface area contributed by atoms with E-state index < -0.39 is 10.0 Å². The molecular weight excluding hydrogens is 372 g/mol. The van der Waals surface area contributed by atoms with Crippen molar-refractivity contribution in [3.63, 3.8) is 0 Å². The summed E-state index contributed by atoms with van der Waals surface area (Å²) in [5, 5.41) is 0.368. The molecule has 0 unspecified atom stereocenters. The van der Waals surface area contributed by atoms with Crippen molar-refractivity contribution in [2.45, 2.75) is 30.7 Å². The molecule has 0 radical (unpaired) electrons. The van der Waals surface area contributed by atoms with E-state index in [9.17, 15) is 13.2 Å². The average Bonchev–Trinajstić information content (AvgIpc) is 3.45. The number of rotatable bonds is 4. The highest BCUT2D eigenvalue weighted by Gasteiger charge is 2.34. The van der Waals surface area contributed by atoms with Crippen molar-refractivity contribution in [1.82, 2.24) is 4.90 Å². The zero-order chi connectivity index (χ0) is 18.3. The summed E-state index contributed by atoms with van der Waals surface area (Å²) in [5.41, 5.74) is 2.65. The first-order chi connectivity index (χ1) is 12.4. The third kappa shape index (κ3) is 3.57. The number of carbonyl (C=O) groups excluding carboxylic acids is 1. The van der Waals surface area contributed by atoms with Crippen LogP contribution in [0.25, 0.3) is 0 Å². The number of benzene rings is 2. The van der Waals surface area contributed by atoms with Gasteiger partial charge in [0.1, 0.15) is 0 Å². The van der Waals surface area contributed by atoms with Crippen molar-refractivity contribution in [1.29, 1.82) is 0 Å². The number of sulfonamides is 1. The Morgan fingerprint density at radius 1 is 1.12 bits per heavy atom. The molecule has 0 bridgehead atoms. The number of hydrogen-bond acceptors (Lipinski definition) is 3. The number of fused-ring (bicyclic) bond motifs is 1. The van der Waals surface area contributed by atoms with Crippen LogP contribution in [0.2, 0.25) is 5.02 Å². The van der Waals surface area contributed by atoms with Gasteiger partial charge in [-0.2, -0.15) is 0 Å². The lowest BCUT2D eigenvalue weighted by molar-refractivity contribution is -0.133. The molecule has 0 aromatic heterocycles. The Bertz CT molecular complexity index is 970. The predicted octanol–water partition coefficient (Wildman–Crippen LogP) is 3.44. The van der Waals surface area contributed by atoms with Crippen molar-refractivity contribution >= 4 is 33.2 Å². The van der Waals surface area contributed by atoms with Gasteiger partial charge in [-0.3, -0.25) is 9.52 Å². The van der Waals surface area contributed by atoms with Gasteiger partial charge in [-0.05, 0) is 60.7 Å². The summed E-state index contributed by atoms with van der Waals surface area (Å²) in [6, 6.07) is 11.7. The highest BCUT2D eigenvalue weighted by molar-refractivity contribution is 7.92. The van der Waals surface area contributed by atoms with Gasteiger partial charge in [0.25, 0.3) is 10.0 Å². The standard InChI is InChI=1S/C19H19ClN2O3S/c20-16-2-1-3-18(11-16)26(24,25)21-17-7-6-13-8-9-22(12-15(13)10-17)19(23)14-4-5-14/h1-3,6-7,10-11,14,21H,4-5,8-9,12H2. The summed E-state index contributed by atoms with van der Waals surface area (Å²) < 4.78 is 27.7. The highest BCUT2D eigenvalue weighted by atomic mass is 35.5. The predicted molar refractivity (Wildman–Crippen MR) is 101 cm³/mol. The maximum absolute atomic E-state index is 12.6. The van der Waals surface area contributed by atoms with Crippen molar-refractivity contribution in [2.75, 3.05) is 11.3 Å². The fraction of sp³-hybridized carbons (Fsp3) is 0.316. The molecule has 2 aromatic rings. The summed E-state index contributed by atoms with van der Waals surface area (Å²) in [6.07, 6.45) is 2.78. The van der Waals surface area contributed by atoms with E-state index >= 15 is 0 Å². The summed E-state index contributed by atoms with van der Waals surface area (Å²) >= 11 is 5.90. The molecule has 0 atom stereocenters. The maximum Gasteiger partial charge on any atom is 0.261 e. The van der Waals surface area contributed by atoms with Gasteiger partial charge in [0.05, 0.1) is 4.90 Å². The van der Waals surface area contributed by atoms with Crippen molar-refractivity contribution < 1.29 is 13.2 Å². The van der Waals surface area contributed by atoms with Gasteiger partial charge >= 0.3 is 0 Å². The molecular formula is C19H19ClN2O3S. The first kappa shape index (κ1) is 17.4. The van der Waals surface area contributed by atoms with E-state index in [0.717, 1.165) is 36.9 Å². The van der Waals surface area contributed by atoms with Crippen LogP contribution < -0.4 is 4.72 Å². The molecule has 136 valence electrons. The van der Waals surface area contributed by atoms with Gasteiger partial charge in [0, 0.05) is 29.7 Å². The third-order valence-corrected chi connectivity index (χ3v) is 6.43. The Balaban J connectivity index is 1.55. The minimum absolute atomic E-state index is 0.119. The molecule has 7 heteroatoms. The minimum Gasteiger partial charge on any atom is -0.338 e. The number of carbonyl (C=O) groups is 1.